The summed E-state index contributed by atoms with van der Waals surface area (Å²) in [5.41, 5.74) is 2.71. The van der Waals surface area contributed by atoms with Crippen LogP contribution < -0.4 is 10.4 Å². The number of aryl methyl sites for hydroxylation is 2. The number of benzene rings is 3. The van der Waals surface area contributed by atoms with E-state index >= 15 is 0 Å². The second-order valence-corrected chi connectivity index (χ2v) is 6.95. The van der Waals surface area contributed by atoms with Crippen molar-refractivity contribution in [1.82, 2.24) is 0 Å². The SMILES string of the molecule is Cc1cc2oc(=O)cc(COC(=O)COc3cccc4ccccc34)c2cc1C. The minimum absolute atomic E-state index is 0.0255. The average molecular weight is 388 g/mol. The van der Waals surface area contributed by atoms with Crippen LogP contribution in [0.25, 0.3) is 21.7 Å². The van der Waals surface area contributed by atoms with Gasteiger partial charge in [0.25, 0.3) is 0 Å². The molecule has 146 valence electrons. The molecule has 0 fully saturated rings. The summed E-state index contributed by atoms with van der Waals surface area (Å²) in [4.78, 5) is 24.1. The standard InChI is InChI=1S/C24H20O5/c1-15-10-20-18(12-23(25)29-22(20)11-16(15)2)13-28-24(26)14-27-21-9-5-7-17-6-3-4-8-19(17)21/h3-12H,13-14H2,1-2H3. The van der Waals surface area contributed by atoms with E-state index in [4.69, 9.17) is 13.9 Å². The first-order chi connectivity index (χ1) is 14.0. The van der Waals surface area contributed by atoms with Gasteiger partial charge in [0, 0.05) is 22.4 Å². The highest BCUT2D eigenvalue weighted by atomic mass is 16.6. The molecule has 1 aromatic heterocycles. The maximum Gasteiger partial charge on any atom is 0.344 e. The molecule has 4 aromatic rings. The molecule has 29 heavy (non-hydrogen) atoms. The first-order valence-corrected chi connectivity index (χ1v) is 9.31. The summed E-state index contributed by atoms with van der Waals surface area (Å²) in [5, 5.41) is 2.72. The molecule has 0 unspecified atom stereocenters. The van der Waals surface area contributed by atoms with E-state index in [9.17, 15) is 9.59 Å². The molecule has 0 bridgehead atoms. The Morgan fingerprint density at radius 1 is 0.931 bits per heavy atom. The van der Waals surface area contributed by atoms with Crippen molar-refractivity contribution in [2.24, 2.45) is 0 Å². The van der Waals surface area contributed by atoms with Gasteiger partial charge in [-0.2, -0.15) is 0 Å². The van der Waals surface area contributed by atoms with Crippen LogP contribution in [0.4, 0.5) is 0 Å². The molecule has 0 spiro atoms. The number of rotatable bonds is 5. The number of hydrogen-bond donors (Lipinski definition) is 0. The van der Waals surface area contributed by atoms with E-state index in [1.165, 1.54) is 6.07 Å². The summed E-state index contributed by atoms with van der Waals surface area (Å²) >= 11 is 0. The van der Waals surface area contributed by atoms with Crippen LogP contribution in [0.2, 0.25) is 0 Å². The second-order valence-electron chi connectivity index (χ2n) is 6.95. The van der Waals surface area contributed by atoms with E-state index in [0.717, 1.165) is 27.3 Å². The van der Waals surface area contributed by atoms with Gasteiger partial charge in [0.1, 0.15) is 17.9 Å². The zero-order valence-electron chi connectivity index (χ0n) is 16.2. The maximum atomic E-state index is 12.2. The second kappa shape index (κ2) is 7.80. The van der Waals surface area contributed by atoms with Gasteiger partial charge in [0.2, 0.25) is 0 Å². The van der Waals surface area contributed by atoms with Gasteiger partial charge in [0.15, 0.2) is 6.61 Å². The predicted octanol–water partition coefficient (Wildman–Crippen LogP) is 4.69. The monoisotopic (exact) mass is 388 g/mol. The molecule has 3 aromatic carbocycles. The van der Waals surface area contributed by atoms with Crippen molar-refractivity contribution in [2.75, 3.05) is 6.61 Å². The first-order valence-electron chi connectivity index (χ1n) is 9.31. The Bertz CT molecular complexity index is 1260. The molecule has 0 amide bonds. The highest BCUT2D eigenvalue weighted by Gasteiger charge is 2.11. The third-order valence-electron chi connectivity index (χ3n) is 4.93. The van der Waals surface area contributed by atoms with E-state index < -0.39 is 11.6 Å². The van der Waals surface area contributed by atoms with E-state index in [1.54, 1.807) is 0 Å². The summed E-state index contributed by atoms with van der Waals surface area (Å²) in [6.07, 6.45) is 0. The van der Waals surface area contributed by atoms with Crippen molar-refractivity contribution in [3.05, 3.63) is 87.8 Å². The van der Waals surface area contributed by atoms with Crippen LogP contribution in [0.1, 0.15) is 16.7 Å². The molecule has 0 aliphatic heterocycles. The molecule has 0 radical (unpaired) electrons. The lowest BCUT2D eigenvalue weighted by Crippen LogP contribution is -2.15. The molecule has 5 heteroatoms. The molecule has 1 heterocycles. The Kier molecular flexibility index (Phi) is 5.04. The van der Waals surface area contributed by atoms with Gasteiger partial charge in [-0.3, -0.25) is 0 Å². The number of ether oxygens (including phenoxy) is 2. The molecule has 0 saturated carbocycles. The fourth-order valence-electron chi connectivity index (χ4n) is 3.26. The summed E-state index contributed by atoms with van der Waals surface area (Å²) in [5.74, 6) is 0.111. The summed E-state index contributed by atoms with van der Waals surface area (Å²) in [7, 11) is 0. The number of hydrogen-bond acceptors (Lipinski definition) is 5. The zero-order chi connectivity index (χ0) is 20.4. The zero-order valence-corrected chi connectivity index (χ0v) is 16.2. The quantitative estimate of drug-likeness (QED) is 0.367. The van der Waals surface area contributed by atoms with Crippen LogP contribution in [0.15, 0.2) is 69.9 Å². The number of carbonyl (C=O) groups excluding carboxylic acids is 1. The van der Waals surface area contributed by atoms with Crippen molar-refractivity contribution in [1.29, 1.82) is 0 Å². The van der Waals surface area contributed by atoms with Crippen LogP contribution in [0.3, 0.4) is 0 Å². The fourth-order valence-corrected chi connectivity index (χ4v) is 3.26. The van der Waals surface area contributed by atoms with Crippen molar-refractivity contribution in [3.63, 3.8) is 0 Å². The van der Waals surface area contributed by atoms with Crippen molar-refractivity contribution >= 4 is 27.7 Å². The molecule has 4 rings (SSSR count). The molecule has 0 saturated heterocycles. The maximum absolute atomic E-state index is 12.2. The lowest BCUT2D eigenvalue weighted by Gasteiger charge is -2.11. The van der Waals surface area contributed by atoms with Crippen LogP contribution in [-0.4, -0.2) is 12.6 Å². The number of esters is 1. The first kappa shape index (κ1) is 18.7. The van der Waals surface area contributed by atoms with Crippen LogP contribution in [-0.2, 0) is 16.1 Å². The summed E-state index contributed by atoms with van der Waals surface area (Å²) < 4.78 is 16.3. The Morgan fingerprint density at radius 3 is 2.55 bits per heavy atom. The highest BCUT2D eigenvalue weighted by molar-refractivity contribution is 5.88. The minimum atomic E-state index is -0.511. The fraction of sp³-hybridized carbons (Fsp3) is 0.167. The van der Waals surface area contributed by atoms with Gasteiger partial charge in [-0.25, -0.2) is 9.59 Å². The van der Waals surface area contributed by atoms with Gasteiger partial charge < -0.3 is 13.9 Å². The van der Waals surface area contributed by atoms with Crippen molar-refractivity contribution < 1.29 is 18.7 Å². The largest absolute Gasteiger partial charge is 0.481 e. The molecular formula is C24H20O5. The molecule has 0 aliphatic carbocycles. The van der Waals surface area contributed by atoms with Gasteiger partial charge in [-0.1, -0.05) is 36.4 Å². The Labute approximate surface area is 167 Å². The molecular weight excluding hydrogens is 368 g/mol. The van der Waals surface area contributed by atoms with Gasteiger partial charge in [-0.15, -0.1) is 0 Å². The highest BCUT2D eigenvalue weighted by Crippen LogP contribution is 2.25. The molecule has 0 N–H and O–H groups in total. The average Bonchev–Trinajstić information content (AvgIpc) is 2.71. The van der Waals surface area contributed by atoms with E-state index in [2.05, 4.69) is 0 Å². The van der Waals surface area contributed by atoms with Crippen LogP contribution in [0.5, 0.6) is 5.75 Å². The molecule has 0 aliphatic rings. The van der Waals surface area contributed by atoms with Gasteiger partial charge in [-0.05, 0) is 48.6 Å². The number of carbonyl (C=O) groups is 1. The Morgan fingerprint density at radius 2 is 1.69 bits per heavy atom. The predicted molar refractivity (Wildman–Crippen MR) is 111 cm³/mol. The minimum Gasteiger partial charge on any atom is -0.481 e. The normalized spacial score (nSPS) is 11.0. The third-order valence-corrected chi connectivity index (χ3v) is 4.93. The van der Waals surface area contributed by atoms with E-state index in [0.29, 0.717) is 16.9 Å². The van der Waals surface area contributed by atoms with Crippen molar-refractivity contribution in [3.8, 4) is 5.75 Å². The van der Waals surface area contributed by atoms with E-state index in [1.807, 2.05) is 68.4 Å². The number of fused-ring (bicyclic) bond motifs is 2. The van der Waals surface area contributed by atoms with Crippen molar-refractivity contribution in [2.45, 2.75) is 20.5 Å². The van der Waals surface area contributed by atoms with E-state index in [-0.39, 0.29) is 13.2 Å². The van der Waals surface area contributed by atoms with Gasteiger partial charge >= 0.3 is 11.6 Å². The third kappa shape index (κ3) is 3.99. The lowest BCUT2D eigenvalue weighted by molar-refractivity contribution is -0.147. The topological polar surface area (TPSA) is 65.7 Å². The molecule has 5 nitrogen and oxygen atoms in total. The summed E-state index contributed by atoms with van der Waals surface area (Å²) in [6.45, 7) is 3.69. The lowest BCUT2D eigenvalue weighted by atomic mass is 10.0. The van der Waals surface area contributed by atoms with Crippen LogP contribution >= 0.6 is 0 Å². The Balaban J connectivity index is 1.47. The Hall–Kier alpha value is -3.60. The summed E-state index contributed by atoms with van der Waals surface area (Å²) in [6, 6.07) is 18.6. The smallest absolute Gasteiger partial charge is 0.344 e. The molecule has 0 atom stereocenters. The van der Waals surface area contributed by atoms with Gasteiger partial charge in [0.05, 0.1) is 0 Å². The van der Waals surface area contributed by atoms with Crippen LogP contribution in [0, 0.1) is 13.8 Å².